The van der Waals surface area contributed by atoms with Crippen molar-refractivity contribution in [2.45, 2.75) is 51.9 Å². The highest BCUT2D eigenvalue weighted by Gasteiger charge is 2.22. The van der Waals surface area contributed by atoms with Gasteiger partial charge in [0.05, 0.1) is 5.69 Å². The molecule has 0 spiro atoms. The van der Waals surface area contributed by atoms with E-state index < -0.39 is 0 Å². The average Bonchev–Trinajstić information content (AvgIpc) is 2.93. The summed E-state index contributed by atoms with van der Waals surface area (Å²) in [7, 11) is 0. The number of hydrogen-bond acceptors (Lipinski definition) is 3. The fraction of sp³-hybridized carbons (Fsp3) is 0.400. The molecule has 3 nitrogen and oxygen atoms in total. The number of aromatic nitrogens is 2. The molecule has 3 aromatic rings. The van der Waals surface area contributed by atoms with Crippen molar-refractivity contribution in [2.24, 2.45) is 0 Å². The minimum absolute atomic E-state index is 0.103. The molecule has 3 aromatic heterocycles. The lowest BCUT2D eigenvalue weighted by Crippen LogP contribution is -2.11. The Morgan fingerprint density at radius 3 is 2.61 bits per heavy atom. The van der Waals surface area contributed by atoms with Crippen LogP contribution in [0, 0.1) is 0 Å². The van der Waals surface area contributed by atoms with E-state index in [0.29, 0.717) is 0 Å². The maximum Gasteiger partial charge on any atom is 0.162 e. The van der Waals surface area contributed by atoms with Crippen molar-refractivity contribution in [1.29, 1.82) is 0 Å². The zero-order valence-electron chi connectivity index (χ0n) is 14.0. The first-order valence-corrected chi connectivity index (χ1v) is 8.40. The van der Waals surface area contributed by atoms with Crippen LogP contribution in [0.2, 0.25) is 0 Å². The number of hydrogen-bond donors (Lipinski definition) is 0. The van der Waals surface area contributed by atoms with Gasteiger partial charge in [0, 0.05) is 29.9 Å². The van der Waals surface area contributed by atoms with Crippen LogP contribution in [0.5, 0.6) is 0 Å². The number of fused-ring (bicyclic) bond motifs is 3. The highest BCUT2D eigenvalue weighted by Crippen LogP contribution is 2.36. The Morgan fingerprint density at radius 2 is 1.78 bits per heavy atom. The number of pyridine rings is 2. The summed E-state index contributed by atoms with van der Waals surface area (Å²) in [6.07, 6.45) is 8.32. The molecule has 0 aliphatic heterocycles. The molecule has 0 amide bonds. The van der Waals surface area contributed by atoms with E-state index in [0.717, 1.165) is 41.0 Å². The summed E-state index contributed by atoms with van der Waals surface area (Å²) >= 11 is 0. The Labute approximate surface area is 136 Å². The lowest BCUT2D eigenvalue weighted by Gasteiger charge is -2.19. The predicted octanol–water partition coefficient (Wildman–Crippen LogP) is 5.07. The molecule has 0 fully saturated rings. The average molecular weight is 306 g/mol. The van der Waals surface area contributed by atoms with Gasteiger partial charge in [-0.05, 0) is 48.4 Å². The van der Waals surface area contributed by atoms with Crippen LogP contribution >= 0.6 is 0 Å². The number of rotatable bonds is 1. The van der Waals surface area contributed by atoms with Crippen LogP contribution in [0.3, 0.4) is 0 Å². The molecule has 1 aliphatic carbocycles. The third-order valence-electron chi connectivity index (χ3n) is 4.73. The SMILES string of the molecule is CC(C)(C)c1ccnc(-c2ccnc3c4c(oc23)CCCC4)c1. The standard InChI is InChI=1S/C20H22N2O/c1-20(2,3)13-8-10-21-16(12-13)14-9-11-22-18-15-6-4-5-7-17(15)23-19(14)18/h8-12H,4-7H2,1-3H3. The highest BCUT2D eigenvalue weighted by molar-refractivity contribution is 5.91. The van der Waals surface area contributed by atoms with E-state index >= 15 is 0 Å². The second-order valence-electron chi connectivity index (χ2n) is 7.43. The number of aryl methyl sites for hydroxylation is 2. The van der Waals surface area contributed by atoms with Crippen LogP contribution in [0.4, 0.5) is 0 Å². The number of nitrogens with zero attached hydrogens (tertiary/aromatic N) is 2. The molecule has 0 N–H and O–H groups in total. The van der Waals surface area contributed by atoms with Crippen LogP contribution < -0.4 is 0 Å². The van der Waals surface area contributed by atoms with E-state index in [2.05, 4.69) is 42.9 Å². The Hall–Kier alpha value is -2.16. The summed E-state index contributed by atoms with van der Waals surface area (Å²) in [5, 5.41) is 0. The summed E-state index contributed by atoms with van der Waals surface area (Å²) in [5.74, 6) is 1.12. The van der Waals surface area contributed by atoms with Crippen molar-refractivity contribution in [2.75, 3.05) is 0 Å². The van der Waals surface area contributed by atoms with E-state index in [1.165, 1.54) is 24.0 Å². The lowest BCUT2D eigenvalue weighted by molar-refractivity contribution is 0.506. The first kappa shape index (κ1) is 14.4. The topological polar surface area (TPSA) is 38.9 Å². The number of furan rings is 1. The van der Waals surface area contributed by atoms with Crippen LogP contribution in [-0.4, -0.2) is 9.97 Å². The van der Waals surface area contributed by atoms with Gasteiger partial charge in [-0.1, -0.05) is 20.8 Å². The maximum absolute atomic E-state index is 6.20. The van der Waals surface area contributed by atoms with Gasteiger partial charge in [-0.15, -0.1) is 0 Å². The zero-order chi connectivity index (χ0) is 16.0. The molecule has 3 heterocycles. The first-order chi connectivity index (χ1) is 11.0. The van der Waals surface area contributed by atoms with Gasteiger partial charge in [0.15, 0.2) is 5.58 Å². The van der Waals surface area contributed by atoms with Crippen molar-refractivity contribution >= 4 is 11.1 Å². The summed E-state index contributed by atoms with van der Waals surface area (Å²) in [4.78, 5) is 9.18. The molecule has 4 rings (SSSR count). The summed E-state index contributed by atoms with van der Waals surface area (Å²) in [5.41, 5.74) is 6.64. The van der Waals surface area contributed by atoms with Gasteiger partial charge in [0.2, 0.25) is 0 Å². The van der Waals surface area contributed by atoms with Crippen LogP contribution in [-0.2, 0) is 18.3 Å². The van der Waals surface area contributed by atoms with E-state index in [9.17, 15) is 0 Å². The highest BCUT2D eigenvalue weighted by atomic mass is 16.3. The van der Waals surface area contributed by atoms with Gasteiger partial charge in [0.25, 0.3) is 0 Å². The third-order valence-corrected chi connectivity index (χ3v) is 4.73. The van der Waals surface area contributed by atoms with Crippen molar-refractivity contribution < 1.29 is 4.42 Å². The summed E-state index contributed by atoms with van der Waals surface area (Å²) < 4.78 is 6.20. The minimum Gasteiger partial charge on any atom is -0.458 e. The second-order valence-corrected chi connectivity index (χ2v) is 7.43. The zero-order valence-corrected chi connectivity index (χ0v) is 14.0. The molecule has 23 heavy (non-hydrogen) atoms. The maximum atomic E-state index is 6.20. The molecule has 0 atom stereocenters. The normalized spacial score (nSPS) is 14.9. The molecule has 118 valence electrons. The molecule has 0 radical (unpaired) electrons. The van der Waals surface area contributed by atoms with Crippen LogP contribution in [0.15, 0.2) is 35.0 Å². The monoisotopic (exact) mass is 306 g/mol. The lowest BCUT2D eigenvalue weighted by atomic mass is 9.87. The third kappa shape index (κ3) is 2.44. The Kier molecular flexibility index (Phi) is 3.26. The molecule has 0 saturated heterocycles. The Bertz CT molecular complexity index is 871. The van der Waals surface area contributed by atoms with Gasteiger partial charge in [0.1, 0.15) is 11.3 Å². The van der Waals surface area contributed by atoms with Gasteiger partial charge in [-0.25, -0.2) is 0 Å². The Balaban J connectivity index is 1.91. The fourth-order valence-electron chi connectivity index (χ4n) is 3.38. The second kappa shape index (κ2) is 5.19. The summed E-state index contributed by atoms with van der Waals surface area (Å²) in [6, 6.07) is 6.29. The van der Waals surface area contributed by atoms with Gasteiger partial charge >= 0.3 is 0 Å². The van der Waals surface area contributed by atoms with Crippen molar-refractivity contribution in [3.05, 3.63) is 47.5 Å². The molecule has 1 aliphatic rings. The largest absolute Gasteiger partial charge is 0.458 e. The molecule has 3 heteroatoms. The molecule has 0 bridgehead atoms. The van der Waals surface area contributed by atoms with Crippen molar-refractivity contribution in [3.8, 4) is 11.3 Å². The van der Waals surface area contributed by atoms with E-state index in [1.54, 1.807) is 0 Å². The molecule has 0 unspecified atom stereocenters. The van der Waals surface area contributed by atoms with E-state index in [4.69, 9.17) is 4.42 Å². The quantitative estimate of drug-likeness (QED) is 0.630. The molecular weight excluding hydrogens is 284 g/mol. The van der Waals surface area contributed by atoms with E-state index in [-0.39, 0.29) is 5.41 Å². The first-order valence-electron chi connectivity index (χ1n) is 8.40. The molecular formula is C20H22N2O. The van der Waals surface area contributed by atoms with Crippen LogP contribution in [0.25, 0.3) is 22.4 Å². The van der Waals surface area contributed by atoms with Gasteiger partial charge in [-0.2, -0.15) is 0 Å². The van der Waals surface area contributed by atoms with E-state index in [1.807, 2.05) is 18.5 Å². The fourth-order valence-corrected chi connectivity index (χ4v) is 3.38. The molecule has 0 aromatic carbocycles. The predicted molar refractivity (Wildman–Crippen MR) is 92.6 cm³/mol. The van der Waals surface area contributed by atoms with Gasteiger partial charge in [-0.3, -0.25) is 9.97 Å². The Morgan fingerprint density at radius 1 is 1.00 bits per heavy atom. The molecule has 0 saturated carbocycles. The smallest absolute Gasteiger partial charge is 0.162 e. The van der Waals surface area contributed by atoms with Crippen molar-refractivity contribution in [3.63, 3.8) is 0 Å². The van der Waals surface area contributed by atoms with Crippen LogP contribution in [0.1, 0.15) is 50.5 Å². The minimum atomic E-state index is 0.103. The summed E-state index contributed by atoms with van der Waals surface area (Å²) in [6.45, 7) is 6.67. The van der Waals surface area contributed by atoms with Crippen molar-refractivity contribution in [1.82, 2.24) is 9.97 Å². The van der Waals surface area contributed by atoms with Gasteiger partial charge < -0.3 is 4.42 Å².